The van der Waals surface area contributed by atoms with Gasteiger partial charge in [0.25, 0.3) is 0 Å². The topological polar surface area (TPSA) is 54.0 Å². The molecule has 2 aliphatic rings. The van der Waals surface area contributed by atoms with Crippen molar-refractivity contribution in [2.75, 3.05) is 13.2 Å². The van der Waals surface area contributed by atoms with E-state index in [1.54, 1.807) is 6.08 Å². The average Bonchev–Trinajstić information content (AvgIpc) is 2.58. The molecule has 3 atom stereocenters. The third-order valence-corrected chi connectivity index (χ3v) is 2.61. The Hall–Kier alpha value is -0.910. The first-order valence-electron chi connectivity index (χ1n) is 5.27. The van der Waals surface area contributed by atoms with Crippen molar-refractivity contribution in [1.29, 1.82) is 0 Å². The molecule has 2 saturated heterocycles. The smallest absolute Gasteiger partial charge is 0.332 e. The Morgan fingerprint density at radius 3 is 2.81 bits per heavy atom. The van der Waals surface area contributed by atoms with E-state index in [9.17, 15) is 4.79 Å². The van der Waals surface area contributed by atoms with Crippen LogP contribution in [-0.2, 0) is 23.7 Å². The standard InChI is InChI=1S/C11H16O5/c1-4-7-10(13-6-9(12)15-7)8-5-14-11(2,3)16-8/h4,7-8,10H,1,5-6H2,2-3H3/t7-,8-,10+/m1/s1. The van der Waals surface area contributed by atoms with Crippen LogP contribution in [0.25, 0.3) is 0 Å². The van der Waals surface area contributed by atoms with Gasteiger partial charge in [-0.05, 0) is 19.9 Å². The van der Waals surface area contributed by atoms with Gasteiger partial charge in [0.1, 0.15) is 24.9 Å². The van der Waals surface area contributed by atoms with Crippen LogP contribution in [0, 0.1) is 0 Å². The first kappa shape index (κ1) is 11.6. The Morgan fingerprint density at radius 1 is 1.50 bits per heavy atom. The molecule has 0 amide bonds. The molecule has 0 saturated carbocycles. The fraction of sp³-hybridized carbons (Fsp3) is 0.727. The van der Waals surface area contributed by atoms with Crippen molar-refractivity contribution in [3.8, 4) is 0 Å². The predicted octanol–water partition coefficient (Wildman–Crippen LogP) is 0.634. The second-order valence-corrected chi connectivity index (χ2v) is 4.33. The van der Waals surface area contributed by atoms with Crippen LogP contribution in [-0.4, -0.2) is 43.3 Å². The minimum Gasteiger partial charge on any atom is -0.454 e. The third kappa shape index (κ3) is 2.26. The van der Waals surface area contributed by atoms with Crippen LogP contribution in [0.1, 0.15) is 13.8 Å². The maximum absolute atomic E-state index is 11.1. The van der Waals surface area contributed by atoms with Crippen LogP contribution in [0.3, 0.4) is 0 Å². The van der Waals surface area contributed by atoms with E-state index in [-0.39, 0.29) is 24.8 Å². The van der Waals surface area contributed by atoms with Crippen molar-refractivity contribution < 1.29 is 23.7 Å². The molecule has 0 aromatic rings. The molecule has 2 fully saturated rings. The summed E-state index contributed by atoms with van der Waals surface area (Å²) in [6, 6.07) is 0. The average molecular weight is 228 g/mol. The first-order valence-corrected chi connectivity index (χ1v) is 5.27. The Bertz CT molecular complexity index is 299. The summed E-state index contributed by atoms with van der Waals surface area (Å²) in [5.41, 5.74) is 0. The lowest BCUT2D eigenvalue weighted by atomic mass is 10.1. The summed E-state index contributed by atoms with van der Waals surface area (Å²) in [7, 11) is 0. The molecule has 2 aliphatic heterocycles. The number of carbonyl (C=O) groups is 1. The van der Waals surface area contributed by atoms with E-state index in [1.165, 1.54) is 0 Å². The Labute approximate surface area is 94.3 Å². The van der Waals surface area contributed by atoms with E-state index in [0.29, 0.717) is 6.61 Å². The van der Waals surface area contributed by atoms with E-state index < -0.39 is 11.9 Å². The third-order valence-electron chi connectivity index (χ3n) is 2.61. The molecule has 5 heteroatoms. The Balaban J connectivity index is 2.03. The van der Waals surface area contributed by atoms with Crippen molar-refractivity contribution in [2.45, 2.75) is 37.9 Å². The summed E-state index contributed by atoms with van der Waals surface area (Å²) in [4.78, 5) is 11.1. The number of rotatable bonds is 2. The molecule has 16 heavy (non-hydrogen) atoms. The zero-order chi connectivity index (χ0) is 11.8. The maximum Gasteiger partial charge on any atom is 0.332 e. The monoisotopic (exact) mass is 228 g/mol. The maximum atomic E-state index is 11.1. The lowest BCUT2D eigenvalue weighted by Gasteiger charge is -2.32. The van der Waals surface area contributed by atoms with Crippen LogP contribution in [0.2, 0.25) is 0 Å². The van der Waals surface area contributed by atoms with Gasteiger partial charge >= 0.3 is 5.97 Å². The fourth-order valence-electron chi connectivity index (χ4n) is 1.89. The highest BCUT2D eigenvalue weighted by Gasteiger charge is 2.43. The fourth-order valence-corrected chi connectivity index (χ4v) is 1.89. The second kappa shape index (κ2) is 4.16. The minimum atomic E-state index is -0.610. The summed E-state index contributed by atoms with van der Waals surface area (Å²) in [5.74, 6) is -0.986. The van der Waals surface area contributed by atoms with Crippen LogP contribution < -0.4 is 0 Å². The molecule has 2 heterocycles. The van der Waals surface area contributed by atoms with Gasteiger partial charge in [0.2, 0.25) is 0 Å². The van der Waals surface area contributed by atoms with E-state index in [2.05, 4.69) is 6.58 Å². The van der Waals surface area contributed by atoms with Gasteiger partial charge in [-0.2, -0.15) is 0 Å². The highest BCUT2D eigenvalue weighted by atomic mass is 16.8. The van der Waals surface area contributed by atoms with E-state index in [4.69, 9.17) is 18.9 Å². The molecule has 90 valence electrons. The van der Waals surface area contributed by atoms with Gasteiger partial charge in [-0.25, -0.2) is 4.79 Å². The lowest BCUT2D eigenvalue weighted by molar-refractivity contribution is -0.200. The van der Waals surface area contributed by atoms with Crippen molar-refractivity contribution in [1.82, 2.24) is 0 Å². The van der Waals surface area contributed by atoms with Crippen LogP contribution in [0.5, 0.6) is 0 Å². The number of ether oxygens (including phenoxy) is 4. The van der Waals surface area contributed by atoms with Crippen LogP contribution >= 0.6 is 0 Å². The van der Waals surface area contributed by atoms with Gasteiger partial charge in [0.05, 0.1) is 6.61 Å². The molecule has 0 bridgehead atoms. The van der Waals surface area contributed by atoms with Crippen molar-refractivity contribution in [3.05, 3.63) is 12.7 Å². The van der Waals surface area contributed by atoms with Crippen molar-refractivity contribution >= 4 is 5.97 Å². The number of hydrogen-bond acceptors (Lipinski definition) is 5. The number of esters is 1. The van der Waals surface area contributed by atoms with Gasteiger partial charge < -0.3 is 18.9 Å². The van der Waals surface area contributed by atoms with Crippen molar-refractivity contribution in [3.63, 3.8) is 0 Å². The van der Waals surface area contributed by atoms with Gasteiger partial charge in [0, 0.05) is 0 Å². The van der Waals surface area contributed by atoms with Crippen LogP contribution in [0.4, 0.5) is 0 Å². The molecule has 0 radical (unpaired) electrons. The largest absolute Gasteiger partial charge is 0.454 e. The molecule has 2 rings (SSSR count). The molecule has 0 N–H and O–H groups in total. The van der Waals surface area contributed by atoms with Gasteiger partial charge in [-0.3, -0.25) is 0 Å². The highest BCUT2D eigenvalue weighted by Crippen LogP contribution is 2.28. The number of carbonyl (C=O) groups excluding carboxylic acids is 1. The summed E-state index contributed by atoms with van der Waals surface area (Å²) >= 11 is 0. The Morgan fingerprint density at radius 2 is 2.25 bits per heavy atom. The molecule has 0 aromatic carbocycles. The normalized spacial score (nSPS) is 38.1. The van der Waals surface area contributed by atoms with Gasteiger partial charge in [0.15, 0.2) is 5.79 Å². The zero-order valence-electron chi connectivity index (χ0n) is 9.47. The minimum absolute atomic E-state index is 0.0463. The molecular weight excluding hydrogens is 212 g/mol. The molecule has 5 nitrogen and oxygen atoms in total. The molecule has 0 aromatic heterocycles. The lowest BCUT2D eigenvalue weighted by Crippen LogP contribution is -2.48. The number of hydrogen-bond donors (Lipinski definition) is 0. The van der Waals surface area contributed by atoms with Gasteiger partial charge in [-0.15, -0.1) is 0 Å². The zero-order valence-corrected chi connectivity index (χ0v) is 9.47. The van der Waals surface area contributed by atoms with Crippen molar-refractivity contribution in [2.24, 2.45) is 0 Å². The highest BCUT2D eigenvalue weighted by molar-refractivity contribution is 5.71. The van der Waals surface area contributed by atoms with E-state index >= 15 is 0 Å². The molecule has 0 unspecified atom stereocenters. The summed E-state index contributed by atoms with van der Waals surface area (Å²) in [6.07, 6.45) is 0.517. The second-order valence-electron chi connectivity index (χ2n) is 4.33. The quantitative estimate of drug-likeness (QED) is 0.512. The van der Waals surface area contributed by atoms with E-state index in [0.717, 1.165) is 0 Å². The predicted molar refractivity (Wildman–Crippen MR) is 54.7 cm³/mol. The molecular formula is C11H16O5. The first-order chi connectivity index (χ1) is 7.52. The summed E-state index contributed by atoms with van der Waals surface area (Å²) in [5, 5.41) is 0. The van der Waals surface area contributed by atoms with Crippen LogP contribution in [0.15, 0.2) is 12.7 Å². The summed E-state index contributed by atoms with van der Waals surface area (Å²) in [6.45, 7) is 7.68. The Kier molecular flexibility index (Phi) is 3.01. The van der Waals surface area contributed by atoms with E-state index in [1.807, 2.05) is 13.8 Å². The summed E-state index contributed by atoms with van der Waals surface area (Å²) < 4.78 is 21.6. The molecule has 0 spiro atoms. The SMILES string of the molecule is C=C[C@H]1OC(=O)CO[C@@H]1[C@H]1COC(C)(C)O1. The number of cyclic esters (lactones) is 1. The van der Waals surface area contributed by atoms with Gasteiger partial charge in [-0.1, -0.05) is 6.58 Å². The molecule has 0 aliphatic carbocycles.